The third kappa shape index (κ3) is 8.39. The predicted octanol–water partition coefficient (Wildman–Crippen LogP) is -2.35. The van der Waals surface area contributed by atoms with E-state index in [-0.39, 0.29) is 0 Å². The molecular formula is C16H37N7. The molecule has 0 saturated carbocycles. The average Bonchev–Trinajstić information content (AvgIpc) is 2.61. The molecule has 0 spiro atoms. The van der Waals surface area contributed by atoms with Gasteiger partial charge in [-0.2, -0.15) is 0 Å². The Morgan fingerprint density at radius 2 is 1.39 bits per heavy atom. The Morgan fingerprint density at radius 1 is 0.783 bits per heavy atom. The number of rotatable bonds is 11. The highest BCUT2D eigenvalue weighted by Gasteiger charge is 2.12. The fourth-order valence-corrected chi connectivity index (χ4v) is 3.27. The lowest BCUT2D eigenvalue weighted by atomic mass is 10.3. The van der Waals surface area contributed by atoms with Crippen molar-refractivity contribution in [2.24, 2.45) is 5.73 Å². The molecule has 2 heterocycles. The third-order valence-corrected chi connectivity index (χ3v) is 4.81. The van der Waals surface area contributed by atoms with Crippen LogP contribution >= 0.6 is 0 Å². The van der Waals surface area contributed by atoms with Crippen molar-refractivity contribution in [2.45, 2.75) is 0 Å². The lowest BCUT2D eigenvalue weighted by Gasteiger charge is -2.30. The molecule has 2 aliphatic rings. The highest BCUT2D eigenvalue weighted by atomic mass is 15.2. The molecule has 7 heteroatoms. The van der Waals surface area contributed by atoms with Gasteiger partial charge in [-0.05, 0) is 0 Å². The molecule has 136 valence electrons. The fraction of sp³-hybridized carbons (Fsp3) is 1.00. The van der Waals surface area contributed by atoms with Gasteiger partial charge in [-0.25, -0.2) is 0 Å². The van der Waals surface area contributed by atoms with E-state index in [0.717, 1.165) is 65.4 Å². The molecule has 5 N–H and O–H groups in total. The lowest BCUT2D eigenvalue weighted by molar-refractivity contribution is 0.189. The highest BCUT2D eigenvalue weighted by molar-refractivity contribution is 4.71. The molecule has 0 aliphatic carbocycles. The Bertz CT molecular complexity index is 278. The van der Waals surface area contributed by atoms with E-state index in [2.05, 4.69) is 30.7 Å². The Kier molecular flexibility index (Phi) is 10.1. The van der Waals surface area contributed by atoms with E-state index in [1.165, 1.54) is 39.3 Å². The Balaban J connectivity index is 1.50. The first-order chi connectivity index (χ1) is 11.4. The van der Waals surface area contributed by atoms with Crippen molar-refractivity contribution in [2.75, 3.05) is 105 Å². The number of hydrogen-bond donors (Lipinski definition) is 4. The van der Waals surface area contributed by atoms with E-state index in [1.807, 2.05) is 0 Å². The van der Waals surface area contributed by atoms with Crippen molar-refractivity contribution < 1.29 is 0 Å². The number of piperazine rings is 2. The summed E-state index contributed by atoms with van der Waals surface area (Å²) in [6.07, 6.45) is 0. The molecule has 0 atom stereocenters. The monoisotopic (exact) mass is 327 g/mol. The number of nitrogens with one attached hydrogen (secondary N) is 3. The molecule has 0 aromatic rings. The molecule has 0 unspecified atom stereocenters. The molecule has 7 nitrogen and oxygen atoms in total. The summed E-state index contributed by atoms with van der Waals surface area (Å²) in [5.74, 6) is 0. The first-order valence-electron chi connectivity index (χ1n) is 9.38. The summed E-state index contributed by atoms with van der Waals surface area (Å²) in [4.78, 5) is 7.59. The molecule has 0 aromatic heterocycles. The maximum atomic E-state index is 5.77. The Hall–Kier alpha value is -0.280. The summed E-state index contributed by atoms with van der Waals surface area (Å²) in [5.41, 5.74) is 5.77. The van der Waals surface area contributed by atoms with Gasteiger partial charge < -0.3 is 21.7 Å². The molecule has 2 rings (SSSR count). The van der Waals surface area contributed by atoms with E-state index < -0.39 is 0 Å². The number of nitrogens with two attached hydrogens (primary N) is 1. The fourth-order valence-electron chi connectivity index (χ4n) is 3.27. The second kappa shape index (κ2) is 12.1. The molecule has 2 aliphatic heterocycles. The normalized spacial score (nSPS) is 21.1. The van der Waals surface area contributed by atoms with Crippen LogP contribution in [0, 0.1) is 0 Å². The van der Waals surface area contributed by atoms with Crippen molar-refractivity contribution >= 4 is 0 Å². The van der Waals surface area contributed by atoms with E-state index in [9.17, 15) is 0 Å². The average molecular weight is 328 g/mol. The van der Waals surface area contributed by atoms with Gasteiger partial charge in [0, 0.05) is 105 Å². The predicted molar refractivity (Wildman–Crippen MR) is 97.0 cm³/mol. The summed E-state index contributed by atoms with van der Waals surface area (Å²) in [6, 6.07) is 0. The molecule has 0 aromatic carbocycles. The summed E-state index contributed by atoms with van der Waals surface area (Å²) in [7, 11) is 0. The van der Waals surface area contributed by atoms with E-state index >= 15 is 0 Å². The van der Waals surface area contributed by atoms with Crippen LogP contribution in [0.4, 0.5) is 0 Å². The summed E-state index contributed by atoms with van der Waals surface area (Å²) < 4.78 is 0. The van der Waals surface area contributed by atoms with E-state index in [4.69, 9.17) is 5.73 Å². The van der Waals surface area contributed by atoms with Gasteiger partial charge in [0.15, 0.2) is 0 Å². The molecule has 0 bridgehead atoms. The standard InChI is InChI=1S/C16H37N7/c17-1-8-21(15-16-23-13-6-20-7-14-23)9-2-18-3-10-22-11-4-19-5-12-22/h18-20H,1-17H2. The van der Waals surface area contributed by atoms with E-state index in [1.54, 1.807) is 0 Å². The van der Waals surface area contributed by atoms with Crippen molar-refractivity contribution in [1.82, 2.24) is 30.7 Å². The van der Waals surface area contributed by atoms with Gasteiger partial charge in [0.1, 0.15) is 0 Å². The minimum absolute atomic E-state index is 0.752. The molecule has 2 saturated heterocycles. The summed E-state index contributed by atoms with van der Waals surface area (Å²) in [5, 5.41) is 10.4. The first kappa shape index (κ1) is 19.1. The molecule has 2 fully saturated rings. The van der Waals surface area contributed by atoms with Gasteiger partial charge in [0.05, 0.1) is 0 Å². The summed E-state index contributed by atoms with van der Waals surface area (Å²) in [6.45, 7) is 17.7. The van der Waals surface area contributed by atoms with Crippen LogP contribution in [0.25, 0.3) is 0 Å². The van der Waals surface area contributed by atoms with Crippen molar-refractivity contribution in [1.29, 1.82) is 0 Å². The van der Waals surface area contributed by atoms with Crippen molar-refractivity contribution in [3.8, 4) is 0 Å². The highest BCUT2D eigenvalue weighted by Crippen LogP contribution is 1.95. The summed E-state index contributed by atoms with van der Waals surface area (Å²) >= 11 is 0. The molecular weight excluding hydrogens is 290 g/mol. The molecule has 0 amide bonds. The Morgan fingerprint density at radius 3 is 2.00 bits per heavy atom. The van der Waals surface area contributed by atoms with Crippen LogP contribution in [0.2, 0.25) is 0 Å². The van der Waals surface area contributed by atoms with Gasteiger partial charge >= 0.3 is 0 Å². The van der Waals surface area contributed by atoms with Crippen LogP contribution in [0.1, 0.15) is 0 Å². The van der Waals surface area contributed by atoms with Crippen LogP contribution < -0.4 is 21.7 Å². The number of hydrogen-bond acceptors (Lipinski definition) is 7. The zero-order valence-corrected chi connectivity index (χ0v) is 14.7. The molecule has 23 heavy (non-hydrogen) atoms. The van der Waals surface area contributed by atoms with Crippen LogP contribution in [-0.2, 0) is 0 Å². The second-order valence-electron chi connectivity index (χ2n) is 6.56. The minimum atomic E-state index is 0.752. The third-order valence-electron chi connectivity index (χ3n) is 4.81. The van der Waals surface area contributed by atoms with Crippen LogP contribution in [0.3, 0.4) is 0 Å². The van der Waals surface area contributed by atoms with Crippen LogP contribution in [0.15, 0.2) is 0 Å². The van der Waals surface area contributed by atoms with Crippen molar-refractivity contribution in [3.05, 3.63) is 0 Å². The topological polar surface area (TPSA) is 71.8 Å². The van der Waals surface area contributed by atoms with Gasteiger partial charge in [0.25, 0.3) is 0 Å². The first-order valence-corrected chi connectivity index (χ1v) is 9.38. The minimum Gasteiger partial charge on any atom is -0.329 e. The van der Waals surface area contributed by atoms with Crippen molar-refractivity contribution in [3.63, 3.8) is 0 Å². The van der Waals surface area contributed by atoms with Crippen LogP contribution in [0.5, 0.6) is 0 Å². The van der Waals surface area contributed by atoms with Gasteiger partial charge in [-0.3, -0.25) is 14.7 Å². The Labute approximate surface area is 141 Å². The van der Waals surface area contributed by atoms with E-state index in [0.29, 0.717) is 0 Å². The maximum absolute atomic E-state index is 5.77. The van der Waals surface area contributed by atoms with Crippen LogP contribution in [-0.4, -0.2) is 119 Å². The van der Waals surface area contributed by atoms with Gasteiger partial charge in [-0.1, -0.05) is 0 Å². The zero-order chi connectivity index (χ0) is 16.2. The van der Waals surface area contributed by atoms with Gasteiger partial charge in [0.2, 0.25) is 0 Å². The second-order valence-corrected chi connectivity index (χ2v) is 6.56. The lowest BCUT2D eigenvalue weighted by Crippen LogP contribution is -2.48. The quantitative estimate of drug-likeness (QED) is 0.317. The smallest absolute Gasteiger partial charge is 0.0110 e. The molecule has 0 radical (unpaired) electrons. The zero-order valence-electron chi connectivity index (χ0n) is 14.7. The largest absolute Gasteiger partial charge is 0.329 e. The SMILES string of the molecule is NCCN(CCNCCN1CCNCC1)CCN1CCNCC1. The number of nitrogens with zero attached hydrogens (tertiary/aromatic N) is 3. The maximum Gasteiger partial charge on any atom is 0.0110 e. The van der Waals surface area contributed by atoms with Gasteiger partial charge in [-0.15, -0.1) is 0 Å².